The third-order valence-corrected chi connectivity index (χ3v) is 10.3. The van der Waals surface area contributed by atoms with Crippen LogP contribution in [-0.2, 0) is 9.22 Å². The van der Waals surface area contributed by atoms with Gasteiger partial charge in [0.05, 0.1) is 6.10 Å². The summed E-state index contributed by atoms with van der Waals surface area (Å²) in [7, 11) is -1.82. The summed E-state index contributed by atoms with van der Waals surface area (Å²) in [6, 6.07) is 0. The van der Waals surface area contributed by atoms with Crippen molar-refractivity contribution in [3.8, 4) is 0 Å². The van der Waals surface area contributed by atoms with Crippen LogP contribution in [0.2, 0.25) is 18.1 Å². The van der Waals surface area contributed by atoms with Gasteiger partial charge >= 0.3 is 0 Å². The molecule has 0 spiro atoms. The number of carbonyl (C=O) groups is 1. The smallest absolute Gasteiger partial charge is 0.192 e. The molecule has 18 heavy (non-hydrogen) atoms. The van der Waals surface area contributed by atoms with E-state index in [1.54, 1.807) is 0 Å². The monoisotopic (exact) mass is 308 g/mol. The van der Waals surface area contributed by atoms with Crippen molar-refractivity contribution < 1.29 is 9.22 Å². The van der Waals surface area contributed by atoms with Crippen LogP contribution in [0, 0.1) is 11.8 Å². The Bertz CT molecular complexity index is 374. The summed E-state index contributed by atoms with van der Waals surface area (Å²) in [5.74, 6) is 0.0365. The van der Waals surface area contributed by atoms with Crippen molar-refractivity contribution in [2.75, 3.05) is 0 Å². The van der Waals surface area contributed by atoms with Crippen LogP contribution < -0.4 is 0 Å². The first kappa shape index (κ1) is 14.8. The number of hydrogen-bond acceptors (Lipinski definition) is 2. The molecule has 0 heterocycles. The van der Waals surface area contributed by atoms with Crippen molar-refractivity contribution in [1.82, 2.24) is 0 Å². The van der Waals surface area contributed by atoms with Gasteiger partial charge in [-0.1, -0.05) is 44.0 Å². The summed E-state index contributed by atoms with van der Waals surface area (Å²) in [5, 5.41) is 0.167. The lowest BCUT2D eigenvalue weighted by Gasteiger charge is -2.47. The highest BCUT2D eigenvalue weighted by Crippen LogP contribution is 2.58. The lowest BCUT2D eigenvalue weighted by atomic mass is 9.73. The largest absolute Gasteiger partial charge is 0.414 e. The van der Waals surface area contributed by atoms with Crippen LogP contribution in [0.5, 0.6) is 0 Å². The van der Waals surface area contributed by atoms with Crippen LogP contribution in [0.4, 0.5) is 0 Å². The fourth-order valence-corrected chi connectivity index (χ4v) is 4.99. The second-order valence-corrected chi connectivity index (χ2v) is 13.3. The Hall–Kier alpha value is 0.427. The Kier molecular flexibility index (Phi) is 3.47. The third kappa shape index (κ3) is 2.07. The summed E-state index contributed by atoms with van der Waals surface area (Å²) < 4.78 is 5.20. The maximum Gasteiger partial charge on any atom is 0.192 e. The first-order valence-electron chi connectivity index (χ1n) is 6.58. The average molecular weight is 309 g/mol. The zero-order chi connectivity index (χ0) is 13.9. The number of hydrogen-bond donors (Lipinski definition) is 0. The maximum absolute atomic E-state index is 11.8. The highest BCUT2D eigenvalue weighted by Gasteiger charge is 2.66. The van der Waals surface area contributed by atoms with Crippen molar-refractivity contribution in [1.29, 1.82) is 0 Å². The fourth-order valence-electron chi connectivity index (χ4n) is 2.75. The van der Waals surface area contributed by atoms with Gasteiger partial charge in [0, 0.05) is 11.8 Å². The summed E-state index contributed by atoms with van der Waals surface area (Å²) in [4.78, 5) is 11.8. The first-order valence-corrected chi connectivity index (χ1v) is 10.2. The molecule has 0 radical (unpaired) electrons. The van der Waals surface area contributed by atoms with Crippen LogP contribution in [0.1, 0.15) is 33.6 Å². The average Bonchev–Trinajstić information content (AvgIpc) is 2.56. The van der Waals surface area contributed by atoms with Gasteiger partial charge in [-0.25, -0.2) is 0 Å². The number of Topliss-reactive ketones (excluding diaryl/α,β-unsaturated/α-hetero) is 1. The fraction of sp³-hybridized carbons (Fsp3) is 0.923. The molecule has 0 bridgehead atoms. The van der Waals surface area contributed by atoms with Gasteiger partial charge in [0.25, 0.3) is 0 Å². The molecular formula is C13H22Cl2O2Si. The maximum atomic E-state index is 11.8. The molecular weight excluding hydrogens is 287 g/mol. The predicted molar refractivity (Wildman–Crippen MR) is 77.7 cm³/mol. The standard InChI is InChI=1S/C13H22Cl2O2Si/c1-12(2,3)18(4,5)17-9-7-6-8-10(9)13(14,15)11(8)16/h8-10H,6-7H2,1-5H3. The Morgan fingerprint density at radius 1 is 1.28 bits per heavy atom. The quantitative estimate of drug-likeness (QED) is 0.565. The molecule has 0 aromatic carbocycles. The highest BCUT2D eigenvalue weighted by atomic mass is 35.5. The van der Waals surface area contributed by atoms with Crippen molar-refractivity contribution in [2.24, 2.45) is 11.8 Å². The molecule has 0 aliphatic heterocycles. The van der Waals surface area contributed by atoms with E-state index in [0.29, 0.717) is 0 Å². The van der Waals surface area contributed by atoms with Gasteiger partial charge in [-0.3, -0.25) is 4.79 Å². The van der Waals surface area contributed by atoms with E-state index in [4.69, 9.17) is 27.6 Å². The molecule has 2 aliphatic carbocycles. The van der Waals surface area contributed by atoms with Crippen molar-refractivity contribution in [3.63, 3.8) is 0 Å². The Labute approximate surface area is 120 Å². The minimum Gasteiger partial charge on any atom is -0.414 e. The van der Waals surface area contributed by atoms with E-state index in [1.807, 2.05) is 0 Å². The molecule has 0 amide bonds. The van der Waals surface area contributed by atoms with Gasteiger partial charge in [-0.2, -0.15) is 0 Å². The number of halogens is 2. The topological polar surface area (TPSA) is 26.3 Å². The minimum absolute atomic E-state index is 0.00228. The van der Waals surface area contributed by atoms with E-state index in [1.165, 1.54) is 0 Å². The van der Waals surface area contributed by atoms with Gasteiger partial charge < -0.3 is 4.43 Å². The van der Waals surface area contributed by atoms with Crippen LogP contribution in [-0.4, -0.2) is 24.5 Å². The molecule has 2 rings (SSSR count). The van der Waals surface area contributed by atoms with E-state index in [9.17, 15) is 4.79 Å². The second kappa shape index (κ2) is 4.21. The van der Waals surface area contributed by atoms with Crippen molar-refractivity contribution in [2.45, 2.75) is 62.2 Å². The van der Waals surface area contributed by atoms with Crippen molar-refractivity contribution in [3.05, 3.63) is 0 Å². The Morgan fingerprint density at radius 3 is 2.33 bits per heavy atom. The molecule has 0 saturated heterocycles. The number of rotatable bonds is 2. The molecule has 3 atom stereocenters. The van der Waals surface area contributed by atoms with E-state index < -0.39 is 12.7 Å². The van der Waals surface area contributed by atoms with E-state index in [2.05, 4.69) is 33.9 Å². The van der Waals surface area contributed by atoms with Gasteiger partial charge in [0.15, 0.2) is 18.4 Å². The number of ketones is 1. The Balaban J connectivity index is 2.11. The molecule has 5 heteroatoms. The predicted octanol–water partition coefficient (Wildman–Crippen LogP) is 4.16. The van der Waals surface area contributed by atoms with Crippen LogP contribution >= 0.6 is 23.2 Å². The normalized spacial score (nSPS) is 35.3. The molecule has 104 valence electrons. The number of carbonyl (C=O) groups excluding carboxylic acids is 1. The van der Waals surface area contributed by atoms with E-state index >= 15 is 0 Å². The lowest BCUT2D eigenvalue weighted by Crippen LogP contribution is -2.59. The van der Waals surface area contributed by atoms with Crippen molar-refractivity contribution >= 4 is 37.3 Å². The summed E-state index contributed by atoms with van der Waals surface area (Å²) >= 11 is 12.3. The van der Waals surface area contributed by atoms with Gasteiger partial charge in [-0.15, -0.1) is 0 Å². The molecule has 0 N–H and O–H groups in total. The summed E-state index contributed by atoms with van der Waals surface area (Å²) in [6.07, 6.45) is 1.85. The molecule has 2 nitrogen and oxygen atoms in total. The molecule has 2 fully saturated rings. The molecule has 0 aromatic rings. The first-order chi connectivity index (χ1) is 7.98. The lowest BCUT2D eigenvalue weighted by molar-refractivity contribution is -0.136. The van der Waals surface area contributed by atoms with E-state index in [0.717, 1.165) is 12.8 Å². The molecule has 3 unspecified atom stereocenters. The zero-order valence-electron chi connectivity index (χ0n) is 11.7. The molecule has 2 saturated carbocycles. The minimum atomic E-state index is -1.82. The number of fused-ring (bicyclic) bond motifs is 1. The van der Waals surface area contributed by atoms with Crippen LogP contribution in [0.25, 0.3) is 0 Å². The van der Waals surface area contributed by atoms with E-state index in [-0.39, 0.29) is 28.8 Å². The third-order valence-electron chi connectivity index (χ3n) is 4.93. The Morgan fingerprint density at radius 2 is 1.83 bits per heavy atom. The van der Waals surface area contributed by atoms with Gasteiger partial charge in [0.1, 0.15) is 0 Å². The van der Waals surface area contributed by atoms with Gasteiger partial charge in [0.2, 0.25) is 0 Å². The highest BCUT2D eigenvalue weighted by molar-refractivity contribution is 6.74. The molecule has 0 aromatic heterocycles. The van der Waals surface area contributed by atoms with Crippen LogP contribution in [0.15, 0.2) is 0 Å². The summed E-state index contributed by atoms with van der Waals surface area (Å²) in [5.41, 5.74) is 0. The van der Waals surface area contributed by atoms with Gasteiger partial charge in [-0.05, 0) is 31.0 Å². The summed E-state index contributed by atoms with van der Waals surface area (Å²) in [6.45, 7) is 11.1. The zero-order valence-corrected chi connectivity index (χ0v) is 14.2. The SMILES string of the molecule is CC(C)(C)[Si](C)(C)OC1CCC2C(=O)C(Cl)(Cl)C12. The molecule has 2 aliphatic rings. The number of alkyl halides is 2. The van der Waals surface area contributed by atoms with Crippen LogP contribution in [0.3, 0.4) is 0 Å². The second-order valence-electron chi connectivity index (χ2n) is 7.11.